The zero-order valence-electron chi connectivity index (χ0n) is 25.1. The Balaban J connectivity index is 0.000000231. The molecular formula is C37H40O4Si. The van der Waals surface area contributed by atoms with Crippen molar-refractivity contribution in [3.63, 3.8) is 0 Å². The molecule has 0 amide bonds. The van der Waals surface area contributed by atoms with E-state index in [0.717, 1.165) is 39.8 Å². The minimum Gasteiger partial charge on any atom is -0.542 e. The van der Waals surface area contributed by atoms with E-state index in [2.05, 4.69) is 33.2 Å². The van der Waals surface area contributed by atoms with Crippen LogP contribution >= 0.6 is 0 Å². The van der Waals surface area contributed by atoms with Crippen molar-refractivity contribution >= 4 is 37.1 Å². The SMILES string of the molecule is C=CC(C=C)=Cc1ccc(O[Si](C)(C)CCCC)c(OC)c1.O=C1C=C(c2ccccc2)C(=O)C=C1c1ccccc1. The molecule has 4 nitrogen and oxygen atoms in total. The summed E-state index contributed by atoms with van der Waals surface area (Å²) in [6, 6.07) is 25.7. The molecule has 0 atom stereocenters. The van der Waals surface area contributed by atoms with Crippen LogP contribution in [0.4, 0.5) is 0 Å². The second kappa shape index (κ2) is 15.5. The van der Waals surface area contributed by atoms with Crippen LogP contribution in [0.25, 0.3) is 17.2 Å². The van der Waals surface area contributed by atoms with Gasteiger partial charge in [0.1, 0.15) is 5.75 Å². The van der Waals surface area contributed by atoms with Crippen molar-refractivity contribution in [1.82, 2.24) is 0 Å². The molecular weight excluding hydrogens is 536 g/mol. The summed E-state index contributed by atoms with van der Waals surface area (Å²) in [7, 11) is -0.0249. The average molecular weight is 577 g/mol. The van der Waals surface area contributed by atoms with Gasteiger partial charge < -0.3 is 9.16 Å². The summed E-state index contributed by atoms with van der Waals surface area (Å²) < 4.78 is 11.8. The Morgan fingerprint density at radius 1 is 0.786 bits per heavy atom. The molecule has 0 N–H and O–H groups in total. The van der Waals surface area contributed by atoms with Crippen LogP contribution in [0.1, 0.15) is 36.5 Å². The van der Waals surface area contributed by atoms with Crippen molar-refractivity contribution in [1.29, 1.82) is 0 Å². The van der Waals surface area contributed by atoms with E-state index in [9.17, 15) is 9.59 Å². The Morgan fingerprint density at radius 3 is 1.76 bits per heavy atom. The number of carbonyl (C=O) groups excluding carboxylic acids is 2. The number of benzene rings is 3. The van der Waals surface area contributed by atoms with E-state index in [1.807, 2.05) is 84.9 Å². The lowest BCUT2D eigenvalue weighted by molar-refractivity contribution is -0.112. The number of allylic oxidation sites excluding steroid dienone is 7. The van der Waals surface area contributed by atoms with Gasteiger partial charge in [0.2, 0.25) is 8.32 Å². The van der Waals surface area contributed by atoms with Crippen LogP contribution in [0.3, 0.4) is 0 Å². The maximum atomic E-state index is 12.2. The van der Waals surface area contributed by atoms with Gasteiger partial charge in [0, 0.05) is 11.1 Å². The van der Waals surface area contributed by atoms with E-state index in [1.54, 1.807) is 19.3 Å². The predicted molar refractivity (Wildman–Crippen MR) is 178 cm³/mol. The van der Waals surface area contributed by atoms with E-state index in [0.29, 0.717) is 11.1 Å². The van der Waals surface area contributed by atoms with E-state index in [-0.39, 0.29) is 11.6 Å². The summed E-state index contributed by atoms with van der Waals surface area (Å²) in [6.07, 6.45) is 10.9. The zero-order chi connectivity index (χ0) is 30.5. The molecule has 0 spiro atoms. The fourth-order valence-corrected chi connectivity index (χ4v) is 6.52. The van der Waals surface area contributed by atoms with Gasteiger partial charge in [-0.1, -0.05) is 112 Å². The van der Waals surface area contributed by atoms with Crippen LogP contribution in [-0.4, -0.2) is 27.0 Å². The summed E-state index contributed by atoms with van der Waals surface area (Å²) in [5, 5.41) is 0. The Hall–Kier alpha value is -4.48. The number of unbranched alkanes of at least 4 members (excludes halogenated alkanes) is 1. The van der Waals surface area contributed by atoms with E-state index >= 15 is 0 Å². The number of ketones is 2. The van der Waals surface area contributed by atoms with Crippen molar-refractivity contribution in [3.05, 3.63) is 139 Å². The Morgan fingerprint density at radius 2 is 1.31 bits per heavy atom. The van der Waals surface area contributed by atoms with Crippen LogP contribution in [0.15, 0.2) is 122 Å². The highest BCUT2D eigenvalue weighted by molar-refractivity contribution is 6.71. The highest BCUT2D eigenvalue weighted by Crippen LogP contribution is 2.32. The van der Waals surface area contributed by atoms with Crippen molar-refractivity contribution in [3.8, 4) is 11.5 Å². The molecule has 5 heteroatoms. The van der Waals surface area contributed by atoms with Crippen molar-refractivity contribution in [2.75, 3.05) is 7.11 Å². The number of hydrogen-bond acceptors (Lipinski definition) is 4. The standard InChI is InChI=1S/C19H28O2Si.C18H12O2/c1-7-10-13-22(5,6)21-18-12-11-17(15-19(18)20-4)14-16(8-2)9-3;19-17-12-16(14-9-5-2-6-10-14)18(20)11-15(17)13-7-3-1-4-8-13/h8-9,11-12,14-15H,2-3,7,10,13H2,1,4-6H3;1-12H. The van der Waals surface area contributed by atoms with Gasteiger partial charge in [0.05, 0.1) is 7.11 Å². The molecule has 3 aromatic carbocycles. The smallest absolute Gasteiger partial charge is 0.245 e. The molecule has 216 valence electrons. The molecule has 1 aliphatic rings. The highest BCUT2D eigenvalue weighted by atomic mass is 28.4. The second-order valence-electron chi connectivity index (χ2n) is 10.5. The molecule has 0 fully saturated rings. The van der Waals surface area contributed by atoms with Gasteiger partial charge >= 0.3 is 0 Å². The lowest BCUT2D eigenvalue weighted by Crippen LogP contribution is -2.33. The third-order valence-corrected chi connectivity index (χ3v) is 9.09. The monoisotopic (exact) mass is 576 g/mol. The molecule has 3 aromatic rings. The number of methoxy groups -OCH3 is 1. The number of ether oxygens (including phenoxy) is 1. The number of carbonyl (C=O) groups is 2. The fourth-order valence-electron chi connectivity index (χ4n) is 4.45. The van der Waals surface area contributed by atoms with E-state index in [4.69, 9.17) is 9.16 Å². The molecule has 4 rings (SSSR count). The first-order chi connectivity index (χ1) is 20.2. The highest BCUT2D eigenvalue weighted by Gasteiger charge is 2.25. The minimum absolute atomic E-state index is 0.130. The van der Waals surface area contributed by atoms with Gasteiger partial charge in [-0.25, -0.2) is 0 Å². The van der Waals surface area contributed by atoms with Crippen LogP contribution in [0, 0.1) is 0 Å². The maximum Gasteiger partial charge on any atom is 0.245 e. The summed E-state index contributed by atoms with van der Waals surface area (Å²) in [5.74, 6) is 1.36. The van der Waals surface area contributed by atoms with Crippen LogP contribution in [0.5, 0.6) is 11.5 Å². The van der Waals surface area contributed by atoms with Gasteiger partial charge in [-0.15, -0.1) is 0 Å². The lowest BCUT2D eigenvalue weighted by atomic mass is 9.89. The fraction of sp³-hybridized carbons (Fsp3) is 0.189. The Kier molecular flexibility index (Phi) is 11.8. The van der Waals surface area contributed by atoms with Gasteiger partial charge in [-0.05, 0) is 71.8 Å². The second-order valence-corrected chi connectivity index (χ2v) is 14.7. The first-order valence-electron chi connectivity index (χ1n) is 14.2. The predicted octanol–water partition coefficient (Wildman–Crippen LogP) is 9.14. The zero-order valence-corrected chi connectivity index (χ0v) is 26.1. The van der Waals surface area contributed by atoms with Gasteiger partial charge in [-0.2, -0.15) is 0 Å². The van der Waals surface area contributed by atoms with E-state index < -0.39 is 8.32 Å². The van der Waals surface area contributed by atoms with Crippen LogP contribution < -0.4 is 9.16 Å². The average Bonchev–Trinajstić information content (AvgIpc) is 3.01. The van der Waals surface area contributed by atoms with Crippen LogP contribution in [0.2, 0.25) is 19.1 Å². The molecule has 0 heterocycles. The summed E-state index contributed by atoms with van der Waals surface area (Å²) >= 11 is 0. The summed E-state index contributed by atoms with van der Waals surface area (Å²) in [4.78, 5) is 24.5. The number of rotatable bonds is 11. The van der Waals surface area contributed by atoms with Gasteiger partial charge in [0.15, 0.2) is 17.3 Å². The molecule has 0 unspecified atom stereocenters. The van der Waals surface area contributed by atoms with Gasteiger partial charge in [-0.3, -0.25) is 9.59 Å². The molecule has 0 aromatic heterocycles. The molecule has 1 aliphatic carbocycles. The van der Waals surface area contributed by atoms with Crippen molar-refractivity contribution < 1.29 is 18.8 Å². The van der Waals surface area contributed by atoms with E-state index in [1.165, 1.54) is 25.0 Å². The summed E-state index contributed by atoms with van der Waals surface area (Å²) in [6.45, 7) is 14.3. The number of hydrogen-bond donors (Lipinski definition) is 0. The molecule has 0 radical (unpaired) electrons. The van der Waals surface area contributed by atoms with Gasteiger partial charge in [0.25, 0.3) is 0 Å². The van der Waals surface area contributed by atoms with Crippen molar-refractivity contribution in [2.45, 2.75) is 38.9 Å². The molecule has 0 saturated heterocycles. The largest absolute Gasteiger partial charge is 0.542 e. The first kappa shape index (κ1) is 32.0. The lowest BCUT2D eigenvalue weighted by Gasteiger charge is -2.25. The quantitative estimate of drug-likeness (QED) is 0.130. The topological polar surface area (TPSA) is 52.6 Å². The molecule has 0 bridgehead atoms. The Bertz CT molecular complexity index is 1420. The first-order valence-corrected chi connectivity index (χ1v) is 17.3. The Labute approximate surface area is 251 Å². The molecule has 0 aliphatic heterocycles. The van der Waals surface area contributed by atoms with Crippen LogP contribution in [-0.2, 0) is 9.59 Å². The third kappa shape index (κ3) is 9.01. The normalized spacial score (nSPS) is 12.7. The maximum absolute atomic E-state index is 12.2. The molecule has 42 heavy (non-hydrogen) atoms. The summed E-state index contributed by atoms with van der Waals surface area (Å²) in [5.41, 5.74) is 4.48. The van der Waals surface area contributed by atoms with Crippen molar-refractivity contribution in [2.24, 2.45) is 0 Å². The molecule has 0 saturated carbocycles. The third-order valence-electron chi connectivity index (χ3n) is 6.76. The minimum atomic E-state index is -1.70.